The van der Waals surface area contributed by atoms with Crippen LogP contribution in [0.25, 0.3) is 11.1 Å². The third-order valence-electron chi connectivity index (χ3n) is 6.59. The van der Waals surface area contributed by atoms with E-state index in [0.717, 1.165) is 22.4 Å². The number of benzene rings is 2. The zero-order valence-electron chi connectivity index (χ0n) is 26.5. The van der Waals surface area contributed by atoms with Gasteiger partial charge in [0.1, 0.15) is 18.0 Å². The second-order valence-corrected chi connectivity index (χ2v) is 11.8. The second-order valence-electron chi connectivity index (χ2n) is 11.8. The molecule has 0 saturated carbocycles. The smallest absolute Gasteiger partial charge is 0.407 e. The van der Waals surface area contributed by atoms with Gasteiger partial charge in [-0.2, -0.15) is 0 Å². The highest BCUT2D eigenvalue weighted by atomic mass is 16.6. The summed E-state index contributed by atoms with van der Waals surface area (Å²) >= 11 is 0. The van der Waals surface area contributed by atoms with Gasteiger partial charge in [-0.05, 0) is 64.7 Å². The molecular formula is C34H42N2O7. The number of ether oxygens (including phenoxy) is 4. The van der Waals surface area contributed by atoms with E-state index in [1.807, 2.05) is 31.2 Å². The van der Waals surface area contributed by atoms with Gasteiger partial charge in [0.2, 0.25) is 0 Å². The Bertz CT molecular complexity index is 1470. The average molecular weight is 591 g/mol. The predicted molar refractivity (Wildman–Crippen MR) is 164 cm³/mol. The summed E-state index contributed by atoms with van der Waals surface area (Å²) in [4.78, 5) is 43.3. The standard InChI is InChI=1S/C34H42N2O7/c1-20(2)16-27-26(18-35-33(39)43-34(5,6)7)30(23-12-10-21(3)11-13-23)29(22(4)36-27)32(38)42-19-25-15-14-24(31(37)41-9)17-28(25)40-8/h10-15,17,20H,16,18-19H2,1-9H3,(H,35,39). The molecule has 3 rings (SSSR count). The Hall–Kier alpha value is -4.40. The fourth-order valence-corrected chi connectivity index (χ4v) is 4.64. The quantitative estimate of drug-likeness (QED) is 0.204. The van der Waals surface area contributed by atoms with E-state index in [0.29, 0.717) is 40.1 Å². The lowest BCUT2D eigenvalue weighted by Gasteiger charge is -2.23. The van der Waals surface area contributed by atoms with E-state index in [1.165, 1.54) is 14.2 Å². The molecule has 0 spiro atoms. The summed E-state index contributed by atoms with van der Waals surface area (Å²) in [6.45, 7) is 13.4. The number of alkyl carbamates (subject to hydrolysis) is 1. The molecule has 3 aromatic rings. The van der Waals surface area contributed by atoms with E-state index in [-0.39, 0.29) is 19.1 Å². The molecule has 1 aromatic heterocycles. The SMILES string of the molecule is COC(=O)c1ccc(COC(=O)c2c(C)nc(CC(C)C)c(CNC(=O)OC(C)(C)C)c2-c2ccc(C)cc2)c(OC)c1. The second kappa shape index (κ2) is 14.2. The van der Waals surface area contributed by atoms with Crippen molar-refractivity contribution in [2.45, 2.75) is 73.6 Å². The van der Waals surface area contributed by atoms with E-state index in [2.05, 4.69) is 19.2 Å². The Morgan fingerprint density at radius 1 is 0.953 bits per heavy atom. The van der Waals surface area contributed by atoms with Crippen molar-refractivity contribution < 1.29 is 33.3 Å². The molecule has 1 amide bonds. The molecule has 9 heteroatoms. The third-order valence-corrected chi connectivity index (χ3v) is 6.59. The lowest BCUT2D eigenvalue weighted by molar-refractivity contribution is 0.0467. The Labute approximate surface area is 253 Å². The number of amides is 1. The fourth-order valence-electron chi connectivity index (χ4n) is 4.64. The largest absolute Gasteiger partial charge is 0.496 e. The number of aromatic nitrogens is 1. The van der Waals surface area contributed by atoms with Gasteiger partial charge in [0.05, 0.1) is 31.0 Å². The van der Waals surface area contributed by atoms with Gasteiger partial charge in [-0.15, -0.1) is 0 Å². The van der Waals surface area contributed by atoms with Gasteiger partial charge in [-0.25, -0.2) is 14.4 Å². The maximum Gasteiger partial charge on any atom is 0.407 e. The van der Waals surface area contributed by atoms with Crippen molar-refractivity contribution in [2.75, 3.05) is 14.2 Å². The van der Waals surface area contributed by atoms with Gasteiger partial charge in [-0.1, -0.05) is 49.7 Å². The van der Waals surface area contributed by atoms with E-state index in [9.17, 15) is 14.4 Å². The van der Waals surface area contributed by atoms with Crippen LogP contribution in [0.2, 0.25) is 0 Å². The molecule has 43 heavy (non-hydrogen) atoms. The van der Waals surface area contributed by atoms with Crippen molar-refractivity contribution in [3.63, 3.8) is 0 Å². The van der Waals surface area contributed by atoms with Crippen molar-refractivity contribution in [1.29, 1.82) is 0 Å². The number of hydrogen-bond acceptors (Lipinski definition) is 8. The van der Waals surface area contributed by atoms with Gasteiger partial charge in [0.25, 0.3) is 0 Å². The van der Waals surface area contributed by atoms with Gasteiger partial charge in [0.15, 0.2) is 0 Å². The number of carbonyl (C=O) groups excluding carboxylic acids is 3. The van der Waals surface area contributed by atoms with E-state index in [1.54, 1.807) is 45.9 Å². The average Bonchev–Trinajstić information content (AvgIpc) is 2.93. The van der Waals surface area contributed by atoms with Crippen molar-refractivity contribution in [3.8, 4) is 16.9 Å². The van der Waals surface area contributed by atoms with Crippen LogP contribution in [-0.2, 0) is 33.8 Å². The van der Waals surface area contributed by atoms with Gasteiger partial charge >= 0.3 is 18.0 Å². The molecule has 0 fully saturated rings. The summed E-state index contributed by atoms with van der Waals surface area (Å²) < 4.78 is 21.5. The van der Waals surface area contributed by atoms with Crippen molar-refractivity contribution in [2.24, 2.45) is 5.92 Å². The van der Waals surface area contributed by atoms with Crippen LogP contribution in [0, 0.1) is 19.8 Å². The van der Waals surface area contributed by atoms with Gasteiger partial charge in [-0.3, -0.25) is 4.98 Å². The molecule has 2 aromatic carbocycles. The van der Waals surface area contributed by atoms with Gasteiger partial charge < -0.3 is 24.3 Å². The Morgan fingerprint density at radius 3 is 2.21 bits per heavy atom. The minimum absolute atomic E-state index is 0.102. The highest BCUT2D eigenvalue weighted by Gasteiger charge is 2.26. The molecule has 0 aliphatic rings. The summed E-state index contributed by atoms with van der Waals surface area (Å²) in [5.41, 5.74) is 5.09. The van der Waals surface area contributed by atoms with Crippen LogP contribution in [0.15, 0.2) is 42.5 Å². The zero-order valence-corrected chi connectivity index (χ0v) is 26.5. The summed E-state index contributed by atoms with van der Waals surface area (Å²) in [7, 11) is 2.78. The van der Waals surface area contributed by atoms with Crippen LogP contribution in [0.3, 0.4) is 0 Å². The number of nitrogens with zero attached hydrogens (tertiary/aromatic N) is 1. The van der Waals surface area contributed by atoms with Gasteiger partial charge in [0, 0.05) is 28.9 Å². The third kappa shape index (κ3) is 8.80. The summed E-state index contributed by atoms with van der Waals surface area (Å²) in [5, 5.41) is 2.86. The molecular weight excluding hydrogens is 548 g/mol. The van der Waals surface area contributed by atoms with Crippen LogP contribution >= 0.6 is 0 Å². The zero-order chi connectivity index (χ0) is 31.9. The molecule has 1 N–H and O–H groups in total. The Morgan fingerprint density at radius 2 is 1.63 bits per heavy atom. The first kappa shape index (κ1) is 33.1. The molecule has 0 unspecified atom stereocenters. The molecule has 0 radical (unpaired) electrons. The minimum Gasteiger partial charge on any atom is -0.496 e. The maximum atomic E-state index is 13.8. The Kier molecular flexibility index (Phi) is 10.9. The van der Waals surface area contributed by atoms with E-state index < -0.39 is 23.6 Å². The number of nitrogens with one attached hydrogen (secondary N) is 1. The van der Waals surface area contributed by atoms with Crippen LogP contribution in [0.5, 0.6) is 5.75 Å². The van der Waals surface area contributed by atoms with E-state index in [4.69, 9.17) is 23.9 Å². The first-order valence-electron chi connectivity index (χ1n) is 14.2. The van der Waals surface area contributed by atoms with Crippen LogP contribution < -0.4 is 10.1 Å². The summed E-state index contributed by atoms with van der Waals surface area (Å²) in [6.07, 6.45) is 0.0782. The minimum atomic E-state index is -0.665. The fraction of sp³-hybridized carbons (Fsp3) is 0.412. The summed E-state index contributed by atoms with van der Waals surface area (Å²) in [6, 6.07) is 12.6. The lowest BCUT2D eigenvalue weighted by atomic mass is 9.89. The molecule has 9 nitrogen and oxygen atoms in total. The number of pyridine rings is 1. The number of methoxy groups -OCH3 is 2. The molecule has 1 heterocycles. The lowest BCUT2D eigenvalue weighted by Crippen LogP contribution is -2.32. The first-order valence-corrected chi connectivity index (χ1v) is 14.2. The normalized spacial score (nSPS) is 11.2. The molecule has 0 aliphatic carbocycles. The van der Waals surface area contributed by atoms with Crippen molar-refractivity contribution in [1.82, 2.24) is 10.3 Å². The van der Waals surface area contributed by atoms with Crippen LogP contribution in [-0.4, -0.2) is 42.8 Å². The number of esters is 2. The number of rotatable bonds is 10. The number of hydrogen-bond donors (Lipinski definition) is 1. The number of aryl methyl sites for hydroxylation is 2. The first-order chi connectivity index (χ1) is 20.2. The monoisotopic (exact) mass is 590 g/mol. The van der Waals surface area contributed by atoms with E-state index >= 15 is 0 Å². The molecule has 0 aliphatic heterocycles. The van der Waals surface area contributed by atoms with Crippen LogP contribution in [0.1, 0.15) is 83.4 Å². The summed E-state index contributed by atoms with van der Waals surface area (Å²) in [5.74, 6) is -0.412. The highest BCUT2D eigenvalue weighted by molar-refractivity contribution is 5.99. The van der Waals surface area contributed by atoms with Crippen LogP contribution in [0.4, 0.5) is 4.79 Å². The highest BCUT2D eigenvalue weighted by Crippen LogP contribution is 2.34. The molecule has 230 valence electrons. The Balaban J connectivity index is 2.09. The number of carbonyl (C=O) groups is 3. The molecule has 0 atom stereocenters. The maximum absolute atomic E-state index is 13.8. The molecule has 0 bridgehead atoms. The predicted octanol–water partition coefficient (Wildman–Crippen LogP) is 6.74. The van der Waals surface area contributed by atoms with Crippen molar-refractivity contribution >= 4 is 18.0 Å². The molecule has 0 saturated heterocycles. The van der Waals surface area contributed by atoms with Crippen molar-refractivity contribution in [3.05, 3.63) is 81.7 Å². The topological polar surface area (TPSA) is 113 Å².